The summed E-state index contributed by atoms with van der Waals surface area (Å²) in [6, 6.07) is 27.8. The highest BCUT2D eigenvalue weighted by Crippen LogP contribution is 2.11. The van der Waals surface area contributed by atoms with Crippen molar-refractivity contribution in [3.63, 3.8) is 0 Å². The molecule has 0 bridgehead atoms. The molecule has 0 fully saturated rings. The predicted molar refractivity (Wildman–Crippen MR) is 158 cm³/mol. The Morgan fingerprint density at radius 1 is 0.825 bits per heavy atom. The van der Waals surface area contributed by atoms with Gasteiger partial charge in [-0.1, -0.05) is 91.0 Å². The maximum absolute atomic E-state index is 13.2. The van der Waals surface area contributed by atoms with Gasteiger partial charge in [0.15, 0.2) is 11.4 Å². The Balaban J connectivity index is 1.71. The minimum Gasteiger partial charge on any atom is -0.459 e. The van der Waals surface area contributed by atoms with E-state index < -0.39 is 18.3 Å². The lowest BCUT2D eigenvalue weighted by atomic mass is 10.1. The monoisotopic (exact) mass is 563 g/mol. The van der Waals surface area contributed by atoms with Gasteiger partial charge in [-0.15, -0.1) is 0 Å². The van der Waals surface area contributed by atoms with Crippen LogP contribution in [0.1, 0.15) is 29.5 Å². The van der Waals surface area contributed by atoms with Crippen LogP contribution in [0, 0.1) is 0 Å². The van der Waals surface area contributed by atoms with E-state index in [1.54, 1.807) is 14.2 Å². The minimum atomic E-state index is -0.981. The van der Waals surface area contributed by atoms with Crippen LogP contribution < -0.4 is 10.6 Å². The zero-order chi connectivity index (χ0) is 28.6. The molecule has 212 valence electrons. The van der Waals surface area contributed by atoms with Crippen LogP contribution in [0.2, 0.25) is 0 Å². The second-order valence-electron chi connectivity index (χ2n) is 9.16. The van der Waals surface area contributed by atoms with Crippen LogP contribution in [0.25, 0.3) is 0 Å². The molecule has 0 aliphatic rings. The molecule has 1 atom stereocenters. The molecule has 0 aromatic heterocycles. The number of benzene rings is 3. The third-order valence-corrected chi connectivity index (χ3v) is 6.57. The smallest absolute Gasteiger partial charge is 0.329 e. The highest BCUT2D eigenvalue weighted by Gasteiger charge is 2.26. The van der Waals surface area contributed by atoms with Crippen LogP contribution in [0.3, 0.4) is 0 Å². The van der Waals surface area contributed by atoms with Gasteiger partial charge in [-0.05, 0) is 28.9 Å². The maximum atomic E-state index is 13.2. The minimum absolute atomic E-state index is 0.0906. The maximum Gasteiger partial charge on any atom is 0.329 e. The molecule has 0 radical (unpaired) electrons. The first-order chi connectivity index (χ1) is 19.5. The molecular formula is C31H37N3O5S. The molecule has 9 heteroatoms. The van der Waals surface area contributed by atoms with Crippen LogP contribution >= 0.6 is 12.2 Å². The fourth-order valence-corrected chi connectivity index (χ4v) is 4.26. The van der Waals surface area contributed by atoms with E-state index in [2.05, 4.69) is 10.6 Å². The zero-order valence-corrected chi connectivity index (χ0v) is 23.8. The summed E-state index contributed by atoms with van der Waals surface area (Å²) < 4.78 is 16.3. The van der Waals surface area contributed by atoms with Crippen molar-refractivity contribution in [1.29, 1.82) is 0 Å². The lowest BCUT2D eigenvalue weighted by Crippen LogP contribution is -2.50. The first-order valence-corrected chi connectivity index (χ1v) is 13.6. The molecule has 2 N–H and O–H groups in total. The predicted octanol–water partition coefficient (Wildman–Crippen LogP) is 4.19. The molecule has 3 rings (SSSR count). The van der Waals surface area contributed by atoms with Gasteiger partial charge in [0.2, 0.25) is 5.91 Å². The van der Waals surface area contributed by atoms with Crippen molar-refractivity contribution in [3.05, 3.63) is 108 Å². The summed E-state index contributed by atoms with van der Waals surface area (Å²) in [7, 11) is 3.16. The Hall–Kier alpha value is -3.79. The van der Waals surface area contributed by atoms with Gasteiger partial charge in [0, 0.05) is 40.3 Å². The van der Waals surface area contributed by atoms with E-state index in [9.17, 15) is 9.59 Å². The molecule has 3 aromatic carbocycles. The Bertz CT molecular complexity index is 1180. The van der Waals surface area contributed by atoms with Crippen LogP contribution in [-0.4, -0.2) is 55.0 Å². The largest absolute Gasteiger partial charge is 0.459 e. The Morgan fingerprint density at radius 2 is 1.38 bits per heavy atom. The molecule has 8 nitrogen and oxygen atoms in total. The van der Waals surface area contributed by atoms with Crippen LogP contribution in [0.5, 0.6) is 0 Å². The number of methoxy groups -OCH3 is 2. The van der Waals surface area contributed by atoms with E-state index in [1.165, 1.54) is 0 Å². The summed E-state index contributed by atoms with van der Waals surface area (Å²) in [5, 5.41) is 6.31. The summed E-state index contributed by atoms with van der Waals surface area (Å²) >= 11 is 5.76. The fraction of sp³-hybridized carbons (Fsp3) is 0.323. The van der Waals surface area contributed by atoms with Crippen molar-refractivity contribution < 1.29 is 23.8 Å². The molecular weight excluding hydrogens is 526 g/mol. The van der Waals surface area contributed by atoms with E-state index >= 15 is 0 Å². The standard InChI is InChI=1S/C31H37N3O5S/c1-37-29(38-2)18-19-34(22-25-14-8-4-9-15-25)31(40)33-27(30(36)39-23-26-16-10-5-11-17-26)20-28(35)32-21-24-12-6-3-7-13-24/h3-17,27,29H,18-23H2,1-2H3,(H,32,35)(H,33,40)/t27-/m0/s1. The molecule has 0 saturated carbocycles. The number of hydrogen-bond acceptors (Lipinski definition) is 6. The van der Waals surface area contributed by atoms with E-state index in [0.717, 1.165) is 16.7 Å². The summed E-state index contributed by atoms with van der Waals surface area (Å²) in [6.45, 7) is 1.44. The Kier molecular flexibility index (Phi) is 13.1. The molecule has 0 aliphatic heterocycles. The molecule has 1 amide bonds. The van der Waals surface area contributed by atoms with Crippen molar-refractivity contribution in [2.75, 3.05) is 20.8 Å². The summed E-state index contributed by atoms with van der Waals surface area (Å²) in [4.78, 5) is 28.0. The highest BCUT2D eigenvalue weighted by atomic mass is 32.1. The van der Waals surface area contributed by atoms with Gasteiger partial charge in [0.05, 0.1) is 6.42 Å². The van der Waals surface area contributed by atoms with Crippen molar-refractivity contribution in [1.82, 2.24) is 15.5 Å². The highest BCUT2D eigenvalue weighted by molar-refractivity contribution is 7.80. The van der Waals surface area contributed by atoms with Crippen LogP contribution in [-0.2, 0) is 43.5 Å². The molecule has 3 aromatic rings. The van der Waals surface area contributed by atoms with Crippen molar-refractivity contribution in [2.24, 2.45) is 0 Å². The summed E-state index contributed by atoms with van der Waals surface area (Å²) in [5.74, 6) is -0.860. The van der Waals surface area contributed by atoms with Gasteiger partial charge in [-0.3, -0.25) is 4.79 Å². The normalized spacial score (nSPS) is 11.5. The molecule has 0 saturated heterocycles. The number of esters is 1. The summed E-state index contributed by atoms with van der Waals surface area (Å²) in [5.41, 5.74) is 2.85. The SMILES string of the molecule is COC(CCN(Cc1ccccc1)C(=S)N[C@@H](CC(=O)NCc1ccccc1)C(=O)OCc1ccccc1)OC. The first-order valence-electron chi connectivity index (χ1n) is 13.1. The van der Waals surface area contributed by atoms with Gasteiger partial charge in [-0.2, -0.15) is 0 Å². The lowest BCUT2D eigenvalue weighted by molar-refractivity contribution is -0.148. The number of nitrogens with one attached hydrogen (secondary N) is 2. The molecule has 0 spiro atoms. The first kappa shape index (κ1) is 30.7. The summed E-state index contributed by atoms with van der Waals surface area (Å²) in [6.07, 6.45) is -0.00240. The lowest BCUT2D eigenvalue weighted by Gasteiger charge is -2.29. The number of carbonyl (C=O) groups is 2. The van der Waals surface area contributed by atoms with Gasteiger partial charge < -0.3 is 29.7 Å². The van der Waals surface area contributed by atoms with Crippen LogP contribution in [0.15, 0.2) is 91.0 Å². The van der Waals surface area contributed by atoms with Crippen molar-refractivity contribution in [2.45, 2.75) is 44.9 Å². The molecule has 0 unspecified atom stereocenters. The van der Waals surface area contributed by atoms with Gasteiger partial charge in [0.25, 0.3) is 0 Å². The fourth-order valence-electron chi connectivity index (χ4n) is 3.97. The van der Waals surface area contributed by atoms with Crippen molar-refractivity contribution >= 4 is 29.2 Å². The zero-order valence-electron chi connectivity index (χ0n) is 23.0. The van der Waals surface area contributed by atoms with Gasteiger partial charge >= 0.3 is 5.97 Å². The van der Waals surface area contributed by atoms with Gasteiger partial charge in [0.1, 0.15) is 12.6 Å². The van der Waals surface area contributed by atoms with Gasteiger partial charge in [-0.25, -0.2) is 4.79 Å². The van der Waals surface area contributed by atoms with Crippen molar-refractivity contribution in [3.8, 4) is 0 Å². The molecule has 40 heavy (non-hydrogen) atoms. The van der Waals surface area contributed by atoms with Crippen LogP contribution in [0.4, 0.5) is 0 Å². The van der Waals surface area contributed by atoms with E-state index in [1.807, 2.05) is 95.9 Å². The quantitative estimate of drug-likeness (QED) is 0.162. The number of carbonyl (C=O) groups excluding carboxylic acids is 2. The topological polar surface area (TPSA) is 89.1 Å². The number of thiocarbonyl (C=S) groups is 1. The second kappa shape index (κ2) is 17.0. The average Bonchev–Trinajstić information content (AvgIpc) is 3.00. The van der Waals surface area contributed by atoms with E-state index in [-0.39, 0.29) is 18.9 Å². The number of nitrogens with zero attached hydrogens (tertiary/aromatic N) is 1. The number of amides is 1. The number of hydrogen-bond donors (Lipinski definition) is 2. The Morgan fingerprint density at radius 3 is 1.95 bits per heavy atom. The third kappa shape index (κ3) is 10.8. The molecule has 0 aliphatic carbocycles. The number of ether oxygens (including phenoxy) is 3. The third-order valence-electron chi connectivity index (χ3n) is 6.19. The van der Waals surface area contributed by atoms with E-state index in [0.29, 0.717) is 31.2 Å². The van der Waals surface area contributed by atoms with E-state index in [4.69, 9.17) is 26.4 Å². The Labute approximate surface area is 241 Å². The molecule has 0 heterocycles. The number of rotatable bonds is 15. The second-order valence-corrected chi connectivity index (χ2v) is 9.55. The average molecular weight is 564 g/mol.